The van der Waals surface area contributed by atoms with Crippen LogP contribution in [0.1, 0.15) is 5.56 Å². The Bertz CT molecular complexity index is 1250. The van der Waals surface area contributed by atoms with Crippen molar-refractivity contribution in [3.05, 3.63) is 99.9 Å². The number of amides is 1. The van der Waals surface area contributed by atoms with Gasteiger partial charge in [-0.2, -0.15) is 0 Å². The minimum Gasteiger partial charge on any atom is -0.484 e. The van der Waals surface area contributed by atoms with Crippen molar-refractivity contribution < 1.29 is 13.9 Å². The highest BCUT2D eigenvalue weighted by Gasteiger charge is 2.12. The lowest BCUT2D eigenvalue weighted by atomic mass is 10.1. The Morgan fingerprint density at radius 1 is 0.967 bits per heavy atom. The summed E-state index contributed by atoms with van der Waals surface area (Å²) in [4.78, 5) is 24.9. The molecule has 1 aromatic heterocycles. The third kappa shape index (κ3) is 4.36. The summed E-state index contributed by atoms with van der Waals surface area (Å²) in [6, 6.07) is 21.6. The number of rotatable bonds is 6. The first-order chi connectivity index (χ1) is 14.6. The van der Waals surface area contributed by atoms with Gasteiger partial charge in [0.1, 0.15) is 17.6 Å². The molecule has 5 nitrogen and oxygen atoms in total. The smallest absolute Gasteiger partial charge is 0.258 e. The highest BCUT2D eigenvalue weighted by molar-refractivity contribution is 6.33. The van der Waals surface area contributed by atoms with Crippen molar-refractivity contribution in [2.24, 2.45) is 0 Å². The van der Waals surface area contributed by atoms with E-state index in [1.165, 1.54) is 6.26 Å². The second kappa shape index (κ2) is 8.84. The number of ether oxygens (including phenoxy) is 1. The number of fused-ring (bicyclic) bond motifs is 1. The zero-order valence-electron chi connectivity index (χ0n) is 15.9. The van der Waals surface area contributed by atoms with Gasteiger partial charge >= 0.3 is 0 Å². The summed E-state index contributed by atoms with van der Waals surface area (Å²) >= 11 is 6.20. The third-order valence-corrected chi connectivity index (χ3v) is 4.94. The predicted molar refractivity (Wildman–Crippen MR) is 117 cm³/mol. The van der Waals surface area contributed by atoms with Gasteiger partial charge in [-0.15, -0.1) is 0 Å². The average molecular weight is 420 g/mol. The van der Waals surface area contributed by atoms with Crippen LogP contribution in [-0.2, 0) is 11.3 Å². The fraction of sp³-hybridized carbons (Fsp3) is 0.0833. The minimum atomic E-state index is -0.241. The summed E-state index contributed by atoms with van der Waals surface area (Å²) in [5.74, 6) is 0.195. The predicted octanol–water partition coefficient (Wildman–Crippen LogP) is 4.81. The Labute approximate surface area is 177 Å². The van der Waals surface area contributed by atoms with Crippen LogP contribution < -0.4 is 15.5 Å². The molecule has 3 aromatic carbocycles. The number of hydrogen-bond acceptors (Lipinski definition) is 4. The van der Waals surface area contributed by atoms with Gasteiger partial charge in [0, 0.05) is 23.2 Å². The molecule has 1 heterocycles. The van der Waals surface area contributed by atoms with E-state index in [1.807, 2.05) is 36.4 Å². The molecule has 30 heavy (non-hydrogen) atoms. The zero-order valence-corrected chi connectivity index (χ0v) is 16.7. The van der Waals surface area contributed by atoms with Crippen LogP contribution in [0.25, 0.3) is 22.1 Å². The van der Waals surface area contributed by atoms with Gasteiger partial charge in [-0.3, -0.25) is 9.59 Å². The zero-order chi connectivity index (χ0) is 20.9. The molecule has 0 atom stereocenters. The van der Waals surface area contributed by atoms with Crippen LogP contribution in [0.15, 0.2) is 88.3 Å². The normalized spacial score (nSPS) is 10.7. The van der Waals surface area contributed by atoms with Gasteiger partial charge in [0.2, 0.25) is 5.43 Å². The van der Waals surface area contributed by atoms with Crippen LogP contribution in [0.3, 0.4) is 0 Å². The Kier molecular flexibility index (Phi) is 5.82. The molecule has 0 aliphatic rings. The summed E-state index contributed by atoms with van der Waals surface area (Å²) < 4.78 is 11.2. The number of halogens is 1. The molecule has 0 saturated carbocycles. The van der Waals surface area contributed by atoms with Crippen LogP contribution >= 0.6 is 11.6 Å². The maximum atomic E-state index is 12.9. The van der Waals surface area contributed by atoms with Crippen molar-refractivity contribution in [3.8, 4) is 16.9 Å². The van der Waals surface area contributed by atoms with Crippen molar-refractivity contribution in [1.29, 1.82) is 0 Å². The lowest BCUT2D eigenvalue weighted by Gasteiger charge is -2.09. The molecule has 4 rings (SSSR count). The Morgan fingerprint density at radius 3 is 2.53 bits per heavy atom. The standard InChI is InChI=1S/C24H18ClNO4/c25-21-9-5-4-8-18(21)20-14-30-22-12-17(10-11-19(22)24(20)28)29-15-23(27)26-13-16-6-2-1-3-7-16/h1-12,14H,13,15H2,(H,26,27). The van der Waals surface area contributed by atoms with E-state index in [4.69, 9.17) is 20.8 Å². The van der Waals surface area contributed by atoms with Crippen molar-refractivity contribution in [2.75, 3.05) is 6.61 Å². The number of carbonyl (C=O) groups excluding carboxylic acids is 1. The van der Waals surface area contributed by atoms with Crippen molar-refractivity contribution in [3.63, 3.8) is 0 Å². The molecular formula is C24H18ClNO4. The summed E-state index contributed by atoms with van der Waals surface area (Å²) in [6.45, 7) is 0.292. The van der Waals surface area contributed by atoms with Gasteiger partial charge in [0.25, 0.3) is 5.91 Å². The fourth-order valence-corrected chi connectivity index (χ4v) is 3.30. The first-order valence-electron chi connectivity index (χ1n) is 9.36. The van der Waals surface area contributed by atoms with Crippen LogP contribution in [0, 0.1) is 0 Å². The van der Waals surface area contributed by atoms with E-state index >= 15 is 0 Å². The number of benzene rings is 3. The molecule has 0 saturated heterocycles. The maximum absolute atomic E-state index is 12.9. The summed E-state index contributed by atoms with van der Waals surface area (Å²) in [5, 5.41) is 3.68. The SMILES string of the molecule is O=C(COc1ccc2c(=O)c(-c3ccccc3Cl)coc2c1)NCc1ccccc1. The van der Waals surface area contributed by atoms with Crippen LogP contribution in [-0.4, -0.2) is 12.5 Å². The van der Waals surface area contributed by atoms with E-state index in [-0.39, 0.29) is 17.9 Å². The highest BCUT2D eigenvalue weighted by Crippen LogP contribution is 2.27. The van der Waals surface area contributed by atoms with E-state index in [9.17, 15) is 9.59 Å². The van der Waals surface area contributed by atoms with E-state index in [1.54, 1.807) is 36.4 Å². The molecule has 0 spiro atoms. The second-order valence-corrected chi connectivity index (χ2v) is 7.07. The molecule has 6 heteroatoms. The summed E-state index contributed by atoms with van der Waals surface area (Å²) in [6.07, 6.45) is 1.39. The second-order valence-electron chi connectivity index (χ2n) is 6.67. The molecule has 1 amide bonds. The van der Waals surface area contributed by atoms with E-state index in [2.05, 4.69) is 5.32 Å². The quantitative estimate of drug-likeness (QED) is 0.487. The fourth-order valence-electron chi connectivity index (χ4n) is 3.06. The largest absolute Gasteiger partial charge is 0.484 e. The van der Waals surface area contributed by atoms with Gasteiger partial charge in [-0.1, -0.05) is 60.1 Å². The minimum absolute atomic E-state index is 0.139. The van der Waals surface area contributed by atoms with Gasteiger partial charge in [0.15, 0.2) is 6.61 Å². The van der Waals surface area contributed by atoms with Gasteiger partial charge < -0.3 is 14.5 Å². The Balaban J connectivity index is 1.46. The first-order valence-corrected chi connectivity index (χ1v) is 9.73. The van der Waals surface area contributed by atoms with Crippen molar-refractivity contribution in [2.45, 2.75) is 6.54 Å². The third-order valence-electron chi connectivity index (χ3n) is 4.61. The van der Waals surface area contributed by atoms with Gasteiger partial charge in [-0.25, -0.2) is 0 Å². The highest BCUT2D eigenvalue weighted by atomic mass is 35.5. The summed E-state index contributed by atoms with van der Waals surface area (Å²) in [7, 11) is 0. The Hall–Kier alpha value is -3.57. The van der Waals surface area contributed by atoms with Gasteiger partial charge in [0.05, 0.1) is 10.9 Å². The average Bonchev–Trinajstić information content (AvgIpc) is 2.78. The van der Waals surface area contributed by atoms with Gasteiger partial charge in [-0.05, 0) is 23.8 Å². The molecule has 0 aliphatic carbocycles. The van der Waals surface area contributed by atoms with E-state index in [0.717, 1.165) is 5.56 Å². The molecule has 1 N–H and O–H groups in total. The Morgan fingerprint density at radius 2 is 1.73 bits per heavy atom. The lowest BCUT2D eigenvalue weighted by Crippen LogP contribution is -2.28. The van der Waals surface area contributed by atoms with Crippen molar-refractivity contribution in [1.82, 2.24) is 5.32 Å². The van der Waals surface area contributed by atoms with Crippen LogP contribution in [0.2, 0.25) is 5.02 Å². The van der Waals surface area contributed by atoms with E-state index < -0.39 is 0 Å². The monoisotopic (exact) mass is 419 g/mol. The maximum Gasteiger partial charge on any atom is 0.258 e. The van der Waals surface area contributed by atoms with Crippen LogP contribution in [0.4, 0.5) is 0 Å². The van der Waals surface area contributed by atoms with E-state index in [0.29, 0.717) is 39.4 Å². The molecule has 150 valence electrons. The lowest BCUT2D eigenvalue weighted by molar-refractivity contribution is -0.123. The van der Waals surface area contributed by atoms with Crippen LogP contribution in [0.5, 0.6) is 5.75 Å². The molecule has 0 aliphatic heterocycles. The molecule has 0 bridgehead atoms. The first kappa shape index (κ1) is 19.7. The molecule has 4 aromatic rings. The summed E-state index contributed by atoms with van der Waals surface area (Å²) in [5.41, 5.74) is 2.20. The molecule has 0 radical (unpaired) electrons. The number of hydrogen-bond donors (Lipinski definition) is 1. The topological polar surface area (TPSA) is 68.5 Å². The molecule has 0 fully saturated rings. The van der Waals surface area contributed by atoms with Crippen molar-refractivity contribution >= 4 is 28.5 Å². The number of nitrogens with one attached hydrogen (secondary N) is 1. The molecule has 0 unspecified atom stereocenters. The number of carbonyl (C=O) groups is 1. The molecular weight excluding hydrogens is 402 g/mol.